The van der Waals surface area contributed by atoms with Gasteiger partial charge in [0.2, 0.25) is 5.89 Å². The molecule has 4 heterocycles. The topological polar surface area (TPSA) is 78.0 Å². The molecule has 0 spiro atoms. The van der Waals surface area contributed by atoms with E-state index in [4.69, 9.17) is 9.15 Å². The first kappa shape index (κ1) is 19.3. The Morgan fingerprint density at radius 1 is 1.20 bits per heavy atom. The Labute approximate surface area is 179 Å². The van der Waals surface area contributed by atoms with E-state index in [1.54, 1.807) is 11.3 Å². The molecular formula is C22H25N5O2S. The quantitative estimate of drug-likeness (QED) is 0.522. The molecule has 0 unspecified atom stereocenters. The van der Waals surface area contributed by atoms with Gasteiger partial charge in [-0.05, 0) is 51.9 Å². The zero-order valence-corrected chi connectivity index (χ0v) is 18.3. The summed E-state index contributed by atoms with van der Waals surface area (Å²) in [6.07, 6.45) is 2.77. The number of aryl methyl sites for hydroxylation is 2. The first-order chi connectivity index (χ1) is 14.6. The number of fused-ring (bicyclic) bond motifs is 1. The number of hydrogen-bond donors (Lipinski definition) is 1. The van der Waals surface area contributed by atoms with Gasteiger partial charge in [0.25, 0.3) is 5.89 Å². The lowest BCUT2D eigenvalue weighted by atomic mass is 10.1. The van der Waals surface area contributed by atoms with Crippen molar-refractivity contribution in [1.29, 1.82) is 0 Å². The van der Waals surface area contributed by atoms with Gasteiger partial charge < -0.3 is 14.5 Å². The van der Waals surface area contributed by atoms with Crippen molar-refractivity contribution in [2.45, 2.75) is 39.2 Å². The Morgan fingerprint density at radius 3 is 2.77 bits per heavy atom. The third-order valence-corrected chi connectivity index (χ3v) is 6.91. The molecular weight excluding hydrogens is 398 g/mol. The SMILES string of the molecule is Cc1nn(C)c(C)c1Cc1nnc(-c2sc3ccccc3c2OC2CCNCC2)o1. The maximum atomic E-state index is 6.49. The number of thiophene rings is 1. The maximum Gasteiger partial charge on any atom is 0.261 e. The van der Waals surface area contributed by atoms with Gasteiger partial charge in [0.05, 0.1) is 12.1 Å². The van der Waals surface area contributed by atoms with Crippen LogP contribution in [0.4, 0.5) is 0 Å². The molecule has 0 bridgehead atoms. The number of hydrogen-bond acceptors (Lipinski definition) is 7. The summed E-state index contributed by atoms with van der Waals surface area (Å²) in [6, 6.07) is 8.30. The van der Waals surface area contributed by atoms with Crippen molar-refractivity contribution in [1.82, 2.24) is 25.3 Å². The summed E-state index contributed by atoms with van der Waals surface area (Å²) in [5, 5.41) is 17.7. The predicted octanol–water partition coefficient (Wildman–Crippen LogP) is 4.02. The number of nitrogens with zero attached hydrogens (tertiary/aromatic N) is 4. The molecule has 1 aromatic carbocycles. The molecule has 5 rings (SSSR count). The third kappa shape index (κ3) is 3.50. The zero-order valence-electron chi connectivity index (χ0n) is 17.4. The van der Waals surface area contributed by atoms with E-state index in [1.807, 2.05) is 30.8 Å². The van der Waals surface area contributed by atoms with Crippen LogP contribution in [0.1, 0.15) is 35.7 Å². The molecule has 1 aliphatic heterocycles. The molecule has 1 saturated heterocycles. The molecule has 1 fully saturated rings. The van der Waals surface area contributed by atoms with Gasteiger partial charge in [-0.3, -0.25) is 4.68 Å². The van der Waals surface area contributed by atoms with Crippen molar-refractivity contribution in [3.63, 3.8) is 0 Å². The monoisotopic (exact) mass is 423 g/mol. The van der Waals surface area contributed by atoms with E-state index >= 15 is 0 Å². The van der Waals surface area contributed by atoms with Gasteiger partial charge in [-0.25, -0.2) is 0 Å². The molecule has 30 heavy (non-hydrogen) atoms. The van der Waals surface area contributed by atoms with E-state index in [9.17, 15) is 0 Å². The lowest BCUT2D eigenvalue weighted by Gasteiger charge is -2.24. The molecule has 0 amide bonds. The minimum atomic E-state index is 0.200. The molecule has 0 aliphatic carbocycles. The largest absolute Gasteiger partial charge is 0.488 e. The summed E-state index contributed by atoms with van der Waals surface area (Å²) in [7, 11) is 1.95. The van der Waals surface area contributed by atoms with E-state index in [-0.39, 0.29) is 6.10 Å². The summed E-state index contributed by atoms with van der Waals surface area (Å²) >= 11 is 1.64. The van der Waals surface area contributed by atoms with E-state index in [2.05, 4.69) is 39.7 Å². The van der Waals surface area contributed by atoms with Gasteiger partial charge in [0, 0.05) is 28.4 Å². The molecule has 0 radical (unpaired) electrons. The Balaban J connectivity index is 1.49. The standard InChI is InChI=1S/C22H25N5O2S/c1-13-17(14(2)27(3)26-13)12-19-24-25-22(29-19)21-20(28-15-8-10-23-11-9-15)16-6-4-5-7-18(16)30-21/h4-7,15,23H,8-12H2,1-3H3. The smallest absolute Gasteiger partial charge is 0.261 e. The van der Waals surface area contributed by atoms with Gasteiger partial charge in [0.1, 0.15) is 11.0 Å². The molecule has 1 aliphatic rings. The lowest BCUT2D eigenvalue weighted by molar-refractivity contribution is 0.165. The van der Waals surface area contributed by atoms with Crippen LogP contribution in [0.2, 0.25) is 0 Å². The Kier molecular flexibility index (Phi) is 5.04. The minimum Gasteiger partial charge on any atom is -0.488 e. The van der Waals surface area contributed by atoms with Gasteiger partial charge in [-0.1, -0.05) is 12.1 Å². The van der Waals surface area contributed by atoms with Crippen molar-refractivity contribution in [3.05, 3.63) is 47.1 Å². The number of ether oxygens (including phenoxy) is 1. The summed E-state index contributed by atoms with van der Waals surface area (Å²) in [6.45, 7) is 6.04. The van der Waals surface area contributed by atoms with Crippen LogP contribution in [-0.2, 0) is 13.5 Å². The molecule has 0 saturated carbocycles. The minimum absolute atomic E-state index is 0.200. The molecule has 7 nitrogen and oxygen atoms in total. The average Bonchev–Trinajstić information content (AvgIpc) is 3.42. The first-order valence-electron chi connectivity index (χ1n) is 10.3. The highest BCUT2D eigenvalue weighted by Crippen LogP contribution is 2.44. The van der Waals surface area contributed by atoms with Crippen LogP contribution in [0, 0.1) is 13.8 Å². The summed E-state index contributed by atoms with van der Waals surface area (Å²) in [5.41, 5.74) is 3.24. The number of aromatic nitrogens is 4. The summed E-state index contributed by atoms with van der Waals surface area (Å²) in [5.74, 6) is 1.98. The highest BCUT2D eigenvalue weighted by atomic mass is 32.1. The van der Waals surface area contributed by atoms with Crippen molar-refractivity contribution < 1.29 is 9.15 Å². The Morgan fingerprint density at radius 2 is 2.00 bits per heavy atom. The molecule has 1 N–H and O–H groups in total. The molecule has 0 atom stereocenters. The van der Waals surface area contributed by atoms with Gasteiger partial charge >= 0.3 is 0 Å². The molecule has 4 aromatic rings. The summed E-state index contributed by atoms with van der Waals surface area (Å²) in [4.78, 5) is 0.910. The van der Waals surface area contributed by atoms with Crippen LogP contribution >= 0.6 is 11.3 Å². The van der Waals surface area contributed by atoms with Crippen LogP contribution in [0.3, 0.4) is 0 Å². The maximum absolute atomic E-state index is 6.49. The van der Waals surface area contributed by atoms with Crippen molar-refractivity contribution in [3.8, 4) is 16.5 Å². The zero-order chi connectivity index (χ0) is 20.7. The molecule has 3 aromatic heterocycles. The van der Waals surface area contributed by atoms with Crippen molar-refractivity contribution in [2.24, 2.45) is 7.05 Å². The van der Waals surface area contributed by atoms with Gasteiger partial charge in [-0.15, -0.1) is 21.5 Å². The van der Waals surface area contributed by atoms with Crippen LogP contribution in [0.5, 0.6) is 5.75 Å². The van der Waals surface area contributed by atoms with Crippen LogP contribution in [-0.4, -0.2) is 39.2 Å². The van der Waals surface area contributed by atoms with Crippen LogP contribution < -0.4 is 10.1 Å². The van der Waals surface area contributed by atoms with E-state index in [0.717, 1.165) is 63.6 Å². The lowest BCUT2D eigenvalue weighted by Crippen LogP contribution is -2.34. The molecule has 8 heteroatoms. The highest BCUT2D eigenvalue weighted by molar-refractivity contribution is 7.22. The Hall–Kier alpha value is -2.71. The van der Waals surface area contributed by atoms with E-state index < -0.39 is 0 Å². The number of piperidine rings is 1. The Bertz CT molecular complexity index is 1190. The normalized spacial score (nSPS) is 15.2. The second-order valence-corrected chi connectivity index (χ2v) is 8.83. The summed E-state index contributed by atoms with van der Waals surface area (Å²) < 4.78 is 15.7. The molecule has 156 valence electrons. The van der Waals surface area contributed by atoms with Crippen molar-refractivity contribution in [2.75, 3.05) is 13.1 Å². The van der Waals surface area contributed by atoms with Crippen molar-refractivity contribution >= 4 is 21.4 Å². The van der Waals surface area contributed by atoms with E-state index in [1.165, 1.54) is 0 Å². The second-order valence-electron chi connectivity index (χ2n) is 7.77. The fourth-order valence-electron chi connectivity index (χ4n) is 4.00. The second kappa shape index (κ2) is 7.85. The fourth-order valence-corrected chi connectivity index (χ4v) is 5.06. The van der Waals surface area contributed by atoms with Crippen LogP contribution in [0.25, 0.3) is 20.9 Å². The van der Waals surface area contributed by atoms with Gasteiger partial charge in [-0.2, -0.15) is 5.10 Å². The fraction of sp³-hybridized carbons (Fsp3) is 0.409. The third-order valence-electron chi connectivity index (χ3n) is 5.77. The van der Waals surface area contributed by atoms with Crippen LogP contribution in [0.15, 0.2) is 28.7 Å². The first-order valence-corrected chi connectivity index (χ1v) is 11.1. The number of benzene rings is 1. The number of nitrogens with one attached hydrogen (secondary N) is 1. The predicted molar refractivity (Wildman–Crippen MR) is 117 cm³/mol. The highest BCUT2D eigenvalue weighted by Gasteiger charge is 2.24. The average molecular weight is 424 g/mol. The van der Waals surface area contributed by atoms with E-state index in [0.29, 0.717) is 18.2 Å². The number of rotatable bonds is 5. The van der Waals surface area contributed by atoms with Gasteiger partial charge in [0.15, 0.2) is 5.75 Å².